The zero-order valence-corrected chi connectivity index (χ0v) is 47.2. The number of aromatic hydroxyl groups is 1. The summed E-state index contributed by atoms with van der Waals surface area (Å²) in [4.78, 5) is 165. The van der Waals surface area contributed by atoms with E-state index in [2.05, 4.69) is 67.8 Å². The van der Waals surface area contributed by atoms with Gasteiger partial charge in [0.2, 0.25) is 65.0 Å². The Morgan fingerprint density at radius 3 is 2.05 bits per heavy atom. The van der Waals surface area contributed by atoms with Gasteiger partial charge in [0.1, 0.15) is 60.8 Å². The summed E-state index contributed by atoms with van der Waals surface area (Å²) < 4.78 is 0. The number of aromatic amines is 1. The molecule has 1 aromatic heterocycles. The molecule has 0 unspecified atom stereocenters. The zero-order chi connectivity index (χ0) is 61.7. The van der Waals surface area contributed by atoms with Gasteiger partial charge < -0.3 is 85.1 Å². The number of H-pyrrole nitrogens is 1. The molecule has 30 heteroatoms. The average molecular weight is 1180 g/mol. The zero-order valence-electron chi connectivity index (χ0n) is 47.2. The van der Waals surface area contributed by atoms with Crippen molar-refractivity contribution in [3.63, 3.8) is 0 Å². The molecular weight excluding hydrogens is 1110 g/mol. The van der Waals surface area contributed by atoms with E-state index < -0.39 is 127 Å². The molecule has 11 amide bonds. The SMILES string of the molecule is CC(C)C[C@H](NC(=O)CNC(=O)[C@H](Cc1ccc(O)cc1)NC(=O)[C@H](CO)NC(=O)[C@H](Cc1c[nH]c2ccccc12)NC(=O)[C@H](CC1=NCN=C1)NC(=O)[C@@H]1CCC(=O)N1)C(=O)N[C@@H](CCCN=C(N)N)C(=O)N1CCC[C@H]1C(=O)NCC(N)=O. The molecule has 2 saturated heterocycles. The number of primary amides is 1. The van der Waals surface area contributed by atoms with Crippen molar-refractivity contribution in [2.24, 2.45) is 38.1 Å². The smallest absolute Gasteiger partial charge is 0.245 e. The van der Waals surface area contributed by atoms with Crippen LogP contribution in [0.3, 0.4) is 0 Å². The molecule has 0 aliphatic carbocycles. The number of phenolic OH excluding ortho intramolecular Hbond substituents is 1. The van der Waals surface area contributed by atoms with E-state index in [1.165, 1.54) is 35.4 Å². The Balaban J connectivity index is 1.16. The minimum Gasteiger partial charge on any atom is -0.508 e. The summed E-state index contributed by atoms with van der Waals surface area (Å²) >= 11 is 0. The third-order valence-electron chi connectivity index (χ3n) is 14.1. The van der Waals surface area contributed by atoms with E-state index in [-0.39, 0.29) is 101 Å². The first-order valence-electron chi connectivity index (χ1n) is 27.9. The number of aromatic nitrogens is 1. The van der Waals surface area contributed by atoms with Crippen molar-refractivity contribution in [1.82, 2.24) is 57.7 Å². The Morgan fingerprint density at radius 2 is 1.40 bits per heavy atom. The van der Waals surface area contributed by atoms with E-state index in [1.807, 2.05) is 0 Å². The minimum atomic E-state index is -1.76. The van der Waals surface area contributed by atoms with Gasteiger partial charge >= 0.3 is 0 Å². The highest BCUT2D eigenvalue weighted by molar-refractivity contribution is 6.32. The molecule has 85 heavy (non-hydrogen) atoms. The molecule has 8 atom stereocenters. The number of aliphatic hydroxyl groups excluding tert-OH is 1. The summed E-state index contributed by atoms with van der Waals surface area (Å²) in [6.45, 7) is 1.72. The molecule has 0 spiro atoms. The first-order valence-corrected chi connectivity index (χ1v) is 27.9. The van der Waals surface area contributed by atoms with Gasteiger partial charge in [0.25, 0.3) is 0 Å². The lowest BCUT2D eigenvalue weighted by Crippen LogP contribution is -2.60. The summed E-state index contributed by atoms with van der Waals surface area (Å²) in [6, 6.07) is 2.35. The largest absolute Gasteiger partial charge is 0.508 e. The van der Waals surface area contributed by atoms with Gasteiger partial charge in [-0.15, -0.1) is 0 Å². The molecule has 2 aromatic carbocycles. The monoisotopic (exact) mass is 1180 g/mol. The van der Waals surface area contributed by atoms with Crippen LogP contribution < -0.4 is 65.1 Å². The Kier molecular flexibility index (Phi) is 23.8. The number of rotatable bonds is 31. The van der Waals surface area contributed by atoms with Crippen molar-refractivity contribution in [3.8, 4) is 5.75 Å². The first kappa shape index (κ1) is 64.7. The summed E-state index contributed by atoms with van der Waals surface area (Å²) in [5, 5.41) is 44.5. The Morgan fingerprint density at radius 1 is 0.741 bits per heavy atom. The number of likely N-dealkylation sites (tertiary alicyclic amines) is 1. The number of phenols is 1. The number of aliphatic hydroxyl groups is 1. The van der Waals surface area contributed by atoms with Crippen LogP contribution in [0.5, 0.6) is 5.75 Å². The quantitative estimate of drug-likeness (QED) is 0.0164. The third kappa shape index (κ3) is 19.6. The number of nitrogens with one attached hydrogen (secondary N) is 10. The van der Waals surface area contributed by atoms with Gasteiger partial charge in [-0.25, -0.2) is 0 Å². The van der Waals surface area contributed by atoms with E-state index in [1.54, 1.807) is 44.3 Å². The lowest BCUT2D eigenvalue weighted by Gasteiger charge is -2.30. The maximum absolute atomic E-state index is 14.4. The molecule has 30 nitrogen and oxygen atoms in total. The van der Waals surface area contributed by atoms with Crippen molar-refractivity contribution in [3.05, 3.63) is 65.9 Å². The van der Waals surface area contributed by atoms with Crippen LogP contribution in [-0.4, -0.2) is 191 Å². The van der Waals surface area contributed by atoms with E-state index in [0.29, 0.717) is 34.2 Å². The molecule has 3 aliphatic rings. The second-order valence-electron chi connectivity index (χ2n) is 21.2. The normalized spacial score (nSPS) is 17.4. The molecule has 0 radical (unpaired) electrons. The number of hydrogen-bond acceptors (Lipinski definition) is 16. The van der Waals surface area contributed by atoms with E-state index >= 15 is 0 Å². The van der Waals surface area contributed by atoms with Crippen molar-refractivity contribution in [2.45, 2.75) is 126 Å². The lowest BCUT2D eigenvalue weighted by atomic mass is 10.0. The molecule has 18 N–H and O–H groups in total. The molecule has 2 fully saturated rings. The molecule has 458 valence electrons. The number of carbonyl (C=O) groups is 11. The lowest BCUT2D eigenvalue weighted by molar-refractivity contribution is -0.142. The maximum Gasteiger partial charge on any atom is 0.245 e. The fourth-order valence-corrected chi connectivity index (χ4v) is 9.82. The fraction of sp³-hybridized carbons (Fsp3) is 0.491. The fourth-order valence-electron chi connectivity index (χ4n) is 9.82. The van der Waals surface area contributed by atoms with E-state index in [4.69, 9.17) is 17.2 Å². The van der Waals surface area contributed by atoms with Gasteiger partial charge in [0.05, 0.1) is 25.4 Å². The summed E-state index contributed by atoms with van der Waals surface area (Å²) in [5.74, 6) is -8.88. The van der Waals surface area contributed by atoms with Crippen molar-refractivity contribution in [1.29, 1.82) is 0 Å². The number of fused-ring (bicyclic) bond motifs is 1. The number of benzene rings is 2. The predicted octanol–water partition coefficient (Wildman–Crippen LogP) is -4.48. The summed E-state index contributed by atoms with van der Waals surface area (Å²) in [6.07, 6.45) is 3.84. The number of guanidine groups is 1. The number of carbonyl (C=O) groups excluding carboxylic acids is 11. The molecular formula is C55H75N17O13. The molecule has 4 heterocycles. The molecule has 6 rings (SSSR count). The second-order valence-corrected chi connectivity index (χ2v) is 21.2. The summed E-state index contributed by atoms with van der Waals surface area (Å²) in [5.41, 5.74) is 18.3. The Hall–Kier alpha value is -9.48. The third-order valence-corrected chi connectivity index (χ3v) is 14.1. The minimum absolute atomic E-state index is 0.0155. The number of amides is 11. The van der Waals surface area contributed by atoms with Gasteiger partial charge in [-0.3, -0.25) is 67.7 Å². The number of aliphatic imine (C=N–C) groups is 3. The van der Waals surface area contributed by atoms with Crippen molar-refractivity contribution >= 4 is 93.8 Å². The van der Waals surface area contributed by atoms with Crippen LogP contribution in [0.25, 0.3) is 10.9 Å². The van der Waals surface area contributed by atoms with Gasteiger partial charge in [-0.05, 0) is 73.8 Å². The molecule has 3 aliphatic heterocycles. The van der Waals surface area contributed by atoms with Crippen LogP contribution in [0.4, 0.5) is 0 Å². The molecule has 0 bridgehead atoms. The molecule has 3 aromatic rings. The number of para-hydroxylation sites is 1. The highest BCUT2D eigenvalue weighted by atomic mass is 16.3. The van der Waals surface area contributed by atoms with Crippen LogP contribution in [0.1, 0.15) is 76.3 Å². The highest BCUT2D eigenvalue weighted by Crippen LogP contribution is 2.22. The van der Waals surface area contributed by atoms with Gasteiger partial charge in [-0.1, -0.05) is 44.2 Å². The van der Waals surface area contributed by atoms with E-state index in [0.717, 1.165) is 0 Å². The van der Waals surface area contributed by atoms with Gasteiger partial charge in [-0.2, -0.15) is 0 Å². The van der Waals surface area contributed by atoms with Crippen molar-refractivity contribution < 1.29 is 63.0 Å². The van der Waals surface area contributed by atoms with Crippen LogP contribution in [0, 0.1) is 5.92 Å². The Labute approximate surface area is 488 Å². The van der Waals surface area contributed by atoms with Crippen LogP contribution in [0.2, 0.25) is 0 Å². The van der Waals surface area contributed by atoms with E-state index in [9.17, 15) is 63.0 Å². The molecule has 0 saturated carbocycles. The Bertz CT molecular complexity index is 3030. The predicted molar refractivity (Wildman–Crippen MR) is 308 cm³/mol. The van der Waals surface area contributed by atoms with Crippen LogP contribution >= 0.6 is 0 Å². The second kappa shape index (κ2) is 31.3. The number of nitrogens with zero attached hydrogens (tertiary/aromatic N) is 4. The standard InChI is InChI=1S/C55H75N17O13/c1-29(2)19-38(49(80)67-37(9-5-17-60-55(57)58)54(85)72-18-6-10-43(72)53(84)62-25-44(56)75)66-46(77)26-63-47(78)39(20-30-11-13-33(74)14-12-30)68-52(83)42(27-73)71-50(81)40(21-31-23-61-35-8-4-3-7-34(31)35)69-51(82)41(22-32-24-59-28-64-32)70-48(79)36-15-16-45(76)65-36/h3-4,7-8,11-14,23-24,29,36-43,61,73-74H,5-6,9-10,15-22,25-28H2,1-2H3,(H2,56,75)(H,62,84)(H,63,78)(H,65,76)(H,66,77)(H,67,80)(H,68,83)(H,69,82)(H,70,79)(H,71,81)(H4,57,58,60)/t36-,37-,38-,39-,40-,41-,42-,43-/m0/s1. The average Bonchev–Trinajstić information content (AvgIpc) is 4.32. The topological polar surface area (TPSA) is 471 Å². The summed E-state index contributed by atoms with van der Waals surface area (Å²) in [7, 11) is 0. The van der Waals surface area contributed by atoms with Gasteiger partial charge in [0, 0.05) is 62.1 Å². The van der Waals surface area contributed by atoms with Crippen molar-refractivity contribution in [2.75, 3.05) is 39.5 Å². The van der Waals surface area contributed by atoms with Crippen LogP contribution in [0.15, 0.2) is 69.7 Å². The van der Waals surface area contributed by atoms with Gasteiger partial charge in [0.15, 0.2) is 5.96 Å². The first-order chi connectivity index (χ1) is 40.6. The number of nitrogens with two attached hydrogens (primary N) is 3. The van der Waals surface area contributed by atoms with Crippen LogP contribution in [-0.2, 0) is 65.6 Å². The highest BCUT2D eigenvalue weighted by Gasteiger charge is 2.39. The maximum atomic E-state index is 14.4. The number of hydrogen-bond donors (Lipinski definition) is 15.